The second kappa shape index (κ2) is 10.4. The molecule has 5 amide bonds. The number of benzene rings is 1. The number of imide groups is 2. The minimum absolute atomic E-state index is 0.0821. The van der Waals surface area contributed by atoms with Crippen LogP contribution in [0.1, 0.15) is 97.8 Å². The molecule has 9 heteroatoms. The molecular formula is C30H38N4O5. The molecule has 208 valence electrons. The van der Waals surface area contributed by atoms with Crippen molar-refractivity contribution in [2.75, 3.05) is 18.4 Å². The maximum atomic E-state index is 13.2. The molecular weight excluding hydrogens is 496 g/mol. The van der Waals surface area contributed by atoms with Crippen LogP contribution >= 0.6 is 0 Å². The molecule has 1 atom stereocenters. The van der Waals surface area contributed by atoms with E-state index in [1.165, 1.54) is 19.3 Å². The van der Waals surface area contributed by atoms with Crippen LogP contribution in [0.25, 0.3) is 0 Å². The Bertz CT molecular complexity index is 1170. The maximum absolute atomic E-state index is 13.2. The van der Waals surface area contributed by atoms with Crippen LogP contribution < -0.4 is 16.0 Å². The summed E-state index contributed by atoms with van der Waals surface area (Å²) in [6.07, 6.45) is 11.4. The molecule has 4 aliphatic carbocycles. The van der Waals surface area contributed by atoms with Crippen LogP contribution in [0.4, 0.5) is 5.69 Å². The van der Waals surface area contributed by atoms with Gasteiger partial charge in [-0.3, -0.25) is 34.2 Å². The van der Waals surface area contributed by atoms with Crippen LogP contribution in [-0.4, -0.2) is 53.6 Å². The average molecular weight is 535 g/mol. The van der Waals surface area contributed by atoms with Crippen molar-refractivity contribution in [3.8, 4) is 0 Å². The van der Waals surface area contributed by atoms with Crippen LogP contribution in [0.15, 0.2) is 18.2 Å². The molecule has 2 aliphatic heterocycles. The zero-order valence-electron chi connectivity index (χ0n) is 22.4. The number of fused-ring (bicyclic) bond motifs is 1. The quantitative estimate of drug-likeness (QED) is 0.312. The fourth-order valence-corrected chi connectivity index (χ4v) is 8.27. The van der Waals surface area contributed by atoms with Crippen LogP contribution in [0.5, 0.6) is 0 Å². The molecule has 6 aliphatic rings. The van der Waals surface area contributed by atoms with Gasteiger partial charge in [-0.2, -0.15) is 0 Å². The summed E-state index contributed by atoms with van der Waals surface area (Å²) in [5, 5.41) is 8.78. The van der Waals surface area contributed by atoms with E-state index in [1.807, 2.05) is 0 Å². The van der Waals surface area contributed by atoms with Gasteiger partial charge in [0.15, 0.2) is 0 Å². The van der Waals surface area contributed by atoms with Gasteiger partial charge in [0, 0.05) is 30.6 Å². The number of piperidine rings is 1. The van der Waals surface area contributed by atoms with Crippen molar-refractivity contribution in [1.82, 2.24) is 15.5 Å². The Morgan fingerprint density at radius 2 is 1.56 bits per heavy atom. The molecule has 1 aromatic rings. The predicted molar refractivity (Wildman–Crippen MR) is 144 cm³/mol. The number of hydrogen-bond donors (Lipinski definition) is 3. The van der Waals surface area contributed by atoms with Gasteiger partial charge in [0.2, 0.25) is 17.7 Å². The van der Waals surface area contributed by atoms with Crippen LogP contribution in [0, 0.1) is 23.2 Å². The number of carbonyl (C=O) groups excluding carboxylic acids is 5. The number of nitrogens with zero attached hydrogens (tertiary/aromatic N) is 1. The minimum atomic E-state index is -0.966. The second-order valence-corrected chi connectivity index (χ2v) is 12.5. The topological polar surface area (TPSA) is 125 Å². The van der Waals surface area contributed by atoms with Crippen molar-refractivity contribution < 1.29 is 24.0 Å². The Kier molecular flexibility index (Phi) is 6.93. The van der Waals surface area contributed by atoms with E-state index in [9.17, 15) is 24.0 Å². The number of anilines is 1. The van der Waals surface area contributed by atoms with Crippen molar-refractivity contribution in [3.05, 3.63) is 29.3 Å². The summed E-state index contributed by atoms with van der Waals surface area (Å²) in [4.78, 5) is 64.0. The Morgan fingerprint density at radius 3 is 2.23 bits per heavy atom. The molecule has 9 nitrogen and oxygen atoms in total. The van der Waals surface area contributed by atoms with Crippen molar-refractivity contribution in [2.24, 2.45) is 23.2 Å². The number of unbranched alkanes of at least 4 members (excludes halogenated alkanes) is 3. The lowest BCUT2D eigenvalue weighted by atomic mass is 9.49. The van der Waals surface area contributed by atoms with E-state index < -0.39 is 23.8 Å². The molecule has 3 N–H and O–H groups in total. The zero-order valence-corrected chi connectivity index (χ0v) is 22.4. The lowest BCUT2D eigenvalue weighted by Crippen LogP contribution is -2.54. The number of carbonyl (C=O) groups is 5. The summed E-state index contributed by atoms with van der Waals surface area (Å²) in [6, 6.07) is 4.14. The van der Waals surface area contributed by atoms with E-state index >= 15 is 0 Å². The van der Waals surface area contributed by atoms with E-state index in [1.54, 1.807) is 18.2 Å². The summed E-state index contributed by atoms with van der Waals surface area (Å²) in [6.45, 7) is 1.38. The first-order chi connectivity index (χ1) is 18.8. The third-order valence-corrected chi connectivity index (χ3v) is 9.69. The first kappa shape index (κ1) is 26.0. The third-order valence-electron chi connectivity index (χ3n) is 9.69. The highest BCUT2D eigenvalue weighted by molar-refractivity contribution is 6.25. The number of nitrogens with one attached hydrogen (secondary N) is 3. The monoisotopic (exact) mass is 534 g/mol. The van der Waals surface area contributed by atoms with Crippen LogP contribution in [-0.2, 0) is 14.4 Å². The van der Waals surface area contributed by atoms with Gasteiger partial charge in [-0.15, -0.1) is 0 Å². The SMILES string of the molecule is O=C1CCC(N2C(=O)c3cccc(NCCCCCCNC(=O)C45CC6CC(CC(C6)C4)C5)c3C2=O)C(=O)N1. The number of hydrogen-bond acceptors (Lipinski definition) is 6. The van der Waals surface area contributed by atoms with Gasteiger partial charge in [0.25, 0.3) is 11.8 Å². The van der Waals surface area contributed by atoms with Gasteiger partial charge >= 0.3 is 0 Å². The maximum Gasteiger partial charge on any atom is 0.264 e. The molecule has 4 saturated carbocycles. The molecule has 0 spiro atoms. The first-order valence-electron chi connectivity index (χ1n) is 14.7. The van der Waals surface area contributed by atoms with Crippen molar-refractivity contribution >= 4 is 35.2 Å². The van der Waals surface area contributed by atoms with Crippen molar-refractivity contribution in [2.45, 2.75) is 83.1 Å². The minimum Gasteiger partial charge on any atom is -0.384 e. The smallest absolute Gasteiger partial charge is 0.264 e. The van der Waals surface area contributed by atoms with Gasteiger partial charge in [-0.25, -0.2) is 0 Å². The highest BCUT2D eigenvalue weighted by Crippen LogP contribution is 2.60. The molecule has 5 fully saturated rings. The van der Waals surface area contributed by atoms with E-state index in [0.717, 1.165) is 74.1 Å². The molecule has 1 saturated heterocycles. The molecule has 4 bridgehead atoms. The fraction of sp³-hybridized carbons (Fsp3) is 0.633. The van der Waals surface area contributed by atoms with Gasteiger partial charge < -0.3 is 10.6 Å². The van der Waals surface area contributed by atoms with Crippen molar-refractivity contribution in [1.29, 1.82) is 0 Å². The number of rotatable bonds is 10. The molecule has 7 rings (SSSR count). The molecule has 0 radical (unpaired) electrons. The highest BCUT2D eigenvalue weighted by Gasteiger charge is 2.54. The molecule has 1 unspecified atom stereocenters. The Hall–Kier alpha value is -3.23. The summed E-state index contributed by atoms with van der Waals surface area (Å²) in [7, 11) is 0. The first-order valence-corrected chi connectivity index (χ1v) is 14.7. The highest BCUT2D eigenvalue weighted by atomic mass is 16.2. The predicted octanol–water partition coefficient (Wildman–Crippen LogP) is 3.39. The summed E-state index contributed by atoms with van der Waals surface area (Å²) < 4.78 is 0. The van der Waals surface area contributed by atoms with Crippen LogP contribution in [0.3, 0.4) is 0 Å². The Morgan fingerprint density at radius 1 is 0.897 bits per heavy atom. The average Bonchev–Trinajstić information content (AvgIpc) is 3.15. The summed E-state index contributed by atoms with van der Waals surface area (Å²) >= 11 is 0. The van der Waals surface area contributed by atoms with E-state index in [2.05, 4.69) is 16.0 Å². The fourth-order valence-electron chi connectivity index (χ4n) is 8.27. The van der Waals surface area contributed by atoms with E-state index in [0.29, 0.717) is 23.7 Å². The lowest BCUT2D eigenvalue weighted by Gasteiger charge is -2.55. The number of amides is 5. The van der Waals surface area contributed by atoms with Crippen LogP contribution in [0.2, 0.25) is 0 Å². The molecule has 2 heterocycles. The largest absolute Gasteiger partial charge is 0.384 e. The third kappa shape index (κ3) is 4.85. The van der Waals surface area contributed by atoms with Gasteiger partial charge in [0.05, 0.1) is 11.1 Å². The summed E-state index contributed by atoms with van der Waals surface area (Å²) in [5.41, 5.74) is 1.08. The molecule has 39 heavy (non-hydrogen) atoms. The standard InChI is InChI=1S/C30H38N4O5/c35-24-9-8-23(26(36)33-24)34-27(37)21-6-5-7-22(25(21)28(34)38)31-10-3-1-2-4-11-32-29(39)30-15-18-12-19(16-30)14-20(13-18)17-30/h5-7,18-20,23,31H,1-4,8-17H2,(H,32,39)(H,33,35,36). The lowest BCUT2D eigenvalue weighted by molar-refractivity contribution is -0.146. The van der Waals surface area contributed by atoms with E-state index in [4.69, 9.17) is 0 Å². The Labute approximate surface area is 228 Å². The second-order valence-electron chi connectivity index (χ2n) is 12.5. The van der Waals surface area contributed by atoms with Crippen molar-refractivity contribution in [3.63, 3.8) is 0 Å². The van der Waals surface area contributed by atoms with Gasteiger partial charge in [-0.05, 0) is 87.7 Å². The zero-order chi connectivity index (χ0) is 27.1. The normalized spacial score (nSPS) is 30.9. The van der Waals surface area contributed by atoms with E-state index in [-0.39, 0.29) is 29.7 Å². The Balaban J connectivity index is 0.937. The molecule has 0 aromatic heterocycles. The van der Waals surface area contributed by atoms with Gasteiger partial charge in [0.1, 0.15) is 6.04 Å². The molecule has 1 aromatic carbocycles. The summed E-state index contributed by atoms with van der Waals surface area (Å²) in [5.74, 6) is 0.625. The van der Waals surface area contributed by atoms with Gasteiger partial charge in [-0.1, -0.05) is 18.9 Å².